The Morgan fingerprint density at radius 2 is 2.00 bits per heavy atom. The maximum atomic E-state index is 10.7. The fraction of sp³-hybridized carbons (Fsp3) is 0.250. The van der Waals surface area contributed by atoms with Crippen LogP contribution in [0.5, 0.6) is 17.2 Å². The van der Waals surface area contributed by atoms with E-state index >= 15 is 0 Å². The summed E-state index contributed by atoms with van der Waals surface area (Å²) in [6.45, 7) is 1.03. The van der Waals surface area contributed by atoms with Crippen molar-refractivity contribution in [1.82, 2.24) is 0 Å². The molecule has 1 aromatic rings. The van der Waals surface area contributed by atoms with E-state index < -0.39 is 5.91 Å². The van der Waals surface area contributed by atoms with Gasteiger partial charge in [-0.2, -0.15) is 0 Å². The average Bonchev–Trinajstić information content (AvgIpc) is 2.35. The van der Waals surface area contributed by atoms with Gasteiger partial charge in [-0.1, -0.05) is 0 Å². The number of nitrogens with two attached hydrogens (primary N) is 1. The van der Waals surface area contributed by atoms with Crippen LogP contribution in [0, 0.1) is 0 Å². The summed E-state index contributed by atoms with van der Waals surface area (Å²) in [5.74, 6) is 1.37. The molecule has 1 aliphatic heterocycles. The van der Waals surface area contributed by atoms with Crippen molar-refractivity contribution in [3.05, 3.63) is 23.8 Å². The van der Waals surface area contributed by atoms with E-state index in [2.05, 4.69) is 0 Å². The van der Waals surface area contributed by atoms with Crippen molar-refractivity contribution in [3.63, 3.8) is 0 Å². The van der Waals surface area contributed by atoms with Crippen LogP contribution in [0.1, 0.15) is 5.56 Å². The lowest BCUT2D eigenvalue weighted by Gasteiger charge is -2.19. The first-order chi connectivity index (χ1) is 8.20. The Labute approximate surface area is 98.8 Å². The topological polar surface area (TPSA) is 70.8 Å². The van der Waals surface area contributed by atoms with Crippen molar-refractivity contribution in [1.29, 1.82) is 0 Å². The molecule has 0 radical (unpaired) electrons. The van der Waals surface area contributed by atoms with Gasteiger partial charge in [-0.15, -0.1) is 0 Å². The molecule has 1 aliphatic rings. The molecule has 0 saturated carbocycles. The molecule has 0 aromatic heterocycles. The Balaban J connectivity index is 2.39. The molecule has 5 heteroatoms. The zero-order valence-electron chi connectivity index (χ0n) is 9.43. The van der Waals surface area contributed by atoms with Crippen molar-refractivity contribution in [2.75, 3.05) is 20.3 Å². The number of hydrogen-bond donors (Lipinski definition) is 1. The van der Waals surface area contributed by atoms with Crippen molar-refractivity contribution in [3.8, 4) is 17.2 Å². The van der Waals surface area contributed by atoms with Gasteiger partial charge >= 0.3 is 0 Å². The van der Waals surface area contributed by atoms with Crippen molar-refractivity contribution >= 4 is 12.0 Å². The van der Waals surface area contributed by atoms with Crippen LogP contribution in [0.2, 0.25) is 0 Å². The summed E-state index contributed by atoms with van der Waals surface area (Å²) in [5, 5.41) is 0. The number of carbonyl (C=O) groups excluding carboxylic acids is 1. The average molecular weight is 235 g/mol. The fourth-order valence-electron chi connectivity index (χ4n) is 1.56. The van der Waals surface area contributed by atoms with Crippen LogP contribution in [-0.4, -0.2) is 26.2 Å². The number of benzene rings is 1. The Morgan fingerprint density at radius 3 is 2.59 bits per heavy atom. The summed E-state index contributed by atoms with van der Waals surface area (Å²) in [6.07, 6.45) is 2.85. The van der Waals surface area contributed by atoms with Gasteiger partial charge in [-0.3, -0.25) is 4.79 Å². The third-order valence-corrected chi connectivity index (χ3v) is 2.32. The van der Waals surface area contributed by atoms with E-state index in [-0.39, 0.29) is 0 Å². The second-order valence-corrected chi connectivity index (χ2v) is 3.47. The predicted octanol–water partition coefficient (Wildman–Crippen LogP) is 0.965. The maximum absolute atomic E-state index is 10.7. The largest absolute Gasteiger partial charge is 0.496 e. The Hall–Kier alpha value is -2.17. The minimum Gasteiger partial charge on any atom is -0.496 e. The number of rotatable bonds is 3. The highest BCUT2D eigenvalue weighted by Crippen LogP contribution is 2.37. The maximum Gasteiger partial charge on any atom is 0.241 e. The molecule has 2 N–H and O–H groups in total. The molecule has 1 aromatic carbocycles. The third kappa shape index (κ3) is 2.50. The van der Waals surface area contributed by atoms with Crippen LogP contribution in [0.4, 0.5) is 0 Å². The predicted molar refractivity (Wildman–Crippen MR) is 62.2 cm³/mol. The highest BCUT2D eigenvalue weighted by atomic mass is 16.6. The van der Waals surface area contributed by atoms with Gasteiger partial charge in [0, 0.05) is 17.7 Å². The lowest BCUT2D eigenvalue weighted by molar-refractivity contribution is -0.113. The van der Waals surface area contributed by atoms with Crippen LogP contribution >= 0.6 is 0 Å². The third-order valence-electron chi connectivity index (χ3n) is 2.32. The number of carbonyl (C=O) groups is 1. The number of primary amides is 1. The summed E-state index contributed by atoms with van der Waals surface area (Å²) in [6, 6.07) is 3.49. The van der Waals surface area contributed by atoms with Gasteiger partial charge in [0.15, 0.2) is 11.5 Å². The Kier molecular flexibility index (Phi) is 3.18. The van der Waals surface area contributed by atoms with Gasteiger partial charge in [-0.05, 0) is 12.1 Å². The minimum atomic E-state index is -0.512. The Bertz CT molecular complexity index is 468. The minimum absolute atomic E-state index is 0.512. The zero-order valence-corrected chi connectivity index (χ0v) is 9.43. The van der Waals surface area contributed by atoms with E-state index in [4.69, 9.17) is 19.9 Å². The summed E-state index contributed by atoms with van der Waals surface area (Å²) < 4.78 is 16.1. The summed E-state index contributed by atoms with van der Waals surface area (Å²) in [7, 11) is 1.55. The summed E-state index contributed by atoms with van der Waals surface area (Å²) >= 11 is 0. The van der Waals surface area contributed by atoms with Gasteiger partial charge in [0.05, 0.1) is 7.11 Å². The molecule has 90 valence electrons. The standard InChI is InChI=1S/C12H13NO4/c1-15-9-7-11-10(16-4-5-17-11)6-8(9)2-3-12(13)14/h2-3,6-7H,4-5H2,1H3,(H2,13,14)/b3-2+. The molecule has 1 heterocycles. The first-order valence-electron chi connectivity index (χ1n) is 5.16. The molecular formula is C12H13NO4. The van der Waals surface area contributed by atoms with E-state index in [1.165, 1.54) is 6.08 Å². The first-order valence-corrected chi connectivity index (χ1v) is 5.16. The molecule has 17 heavy (non-hydrogen) atoms. The second-order valence-electron chi connectivity index (χ2n) is 3.47. The number of amides is 1. The Morgan fingerprint density at radius 1 is 1.35 bits per heavy atom. The van der Waals surface area contributed by atoms with E-state index in [0.717, 1.165) is 5.56 Å². The normalized spacial score (nSPS) is 13.7. The number of hydrogen-bond acceptors (Lipinski definition) is 4. The summed E-state index contributed by atoms with van der Waals surface area (Å²) in [4.78, 5) is 10.7. The number of ether oxygens (including phenoxy) is 3. The molecular weight excluding hydrogens is 222 g/mol. The van der Waals surface area contributed by atoms with Crippen molar-refractivity contribution in [2.45, 2.75) is 0 Å². The fourth-order valence-corrected chi connectivity index (χ4v) is 1.56. The van der Waals surface area contributed by atoms with Gasteiger partial charge in [-0.25, -0.2) is 0 Å². The van der Waals surface area contributed by atoms with E-state index in [1.54, 1.807) is 25.3 Å². The first kappa shape index (κ1) is 11.3. The molecule has 0 aliphatic carbocycles. The van der Waals surface area contributed by atoms with E-state index in [9.17, 15) is 4.79 Å². The molecule has 2 rings (SSSR count). The van der Waals surface area contributed by atoms with Crippen LogP contribution in [-0.2, 0) is 4.79 Å². The second kappa shape index (κ2) is 4.78. The molecule has 0 spiro atoms. The molecule has 0 atom stereocenters. The zero-order chi connectivity index (χ0) is 12.3. The van der Waals surface area contributed by atoms with Crippen LogP contribution in [0.15, 0.2) is 18.2 Å². The van der Waals surface area contributed by atoms with Gasteiger partial charge in [0.25, 0.3) is 0 Å². The van der Waals surface area contributed by atoms with E-state index in [1.807, 2.05) is 0 Å². The number of fused-ring (bicyclic) bond motifs is 1. The highest BCUT2D eigenvalue weighted by Gasteiger charge is 2.15. The lowest BCUT2D eigenvalue weighted by Crippen LogP contribution is -2.15. The highest BCUT2D eigenvalue weighted by molar-refractivity contribution is 5.90. The molecule has 0 fully saturated rings. The quantitative estimate of drug-likeness (QED) is 0.792. The SMILES string of the molecule is COc1cc2c(cc1/C=C/C(N)=O)OCCO2. The van der Waals surface area contributed by atoms with E-state index in [0.29, 0.717) is 30.5 Å². The summed E-state index contributed by atoms with van der Waals surface area (Å²) in [5.41, 5.74) is 5.77. The molecule has 5 nitrogen and oxygen atoms in total. The van der Waals surface area contributed by atoms with Gasteiger partial charge in [0.2, 0.25) is 5.91 Å². The smallest absolute Gasteiger partial charge is 0.241 e. The van der Waals surface area contributed by atoms with Crippen molar-refractivity contribution in [2.24, 2.45) is 5.73 Å². The number of methoxy groups -OCH3 is 1. The molecule has 0 saturated heterocycles. The molecule has 0 bridgehead atoms. The van der Waals surface area contributed by atoms with Crippen molar-refractivity contribution < 1.29 is 19.0 Å². The lowest BCUT2D eigenvalue weighted by atomic mass is 10.1. The van der Waals surface area contributed by atoms with Gasteiger partial charge < -0.3 is 19.9 Å². The van der Waals surface area contributed by atoms with Crippen LogP contribution in [0.3, 0.4) is 0 Å². The van der Waals surface area contributed by atoms with Crippen LogP contribution in [0.25, 0.3) is 6.08 Å². The monoisotopic (exact) mass is 235 g/mol. The molecule has 0 unspecified atom stereocenters. The van der Waals surface area contributed by atoms with Gasteiger partial charge in [0.1, 0.15) is 19.0 Å². The molecule has 1 amide bonds. The van der Waals surface area contributed by atoms with Crippen LogP contribution < -0.4 is 19.9 Å².